The molecule has 0 fully saturated rings. The molecule has 0 saturated heterocycles. The highest BCUT2D eigenvalue weighted by molar-refractivity contribution is 7.88. The summed E-state index contributed by atoms with van der Waals surface area (Å²) in [5.41, 5.74) is -11.8. The van der Waals surface area contributed by atoms with Crippen molar-refractivity contribution < 1.29 is 51.5 Å². The quantitative estimate of drug-likeness (QED) is 0.179. The summed E-state index contributed by atoms with van der Waals surface area (Å²) in [4.78, 5) is 0. The number of hydrogen-bond donors (Lipinski definition) is 0. The van der Waals surface area contributed by atoms with Crippen molar-refractivity contribution in [2.75, 3.05) is 0 Å². The SMILES string of the molecule is C=C\C(=C/C(=C/C(=C\C)OS(=O)(=O)C(F)(F)F)C(=C)C)OS(=O)(=O)C(F)(F)F. The van der Waals surface area contributed by atoms with Gasteiger partial charge in [0.25, 0.3) is 0 Å². The van der Waals surface area contributed by atoms with Crippen LogP contribution in [0.1, 0.15) is 13.8 Å². The maximum atomic E-state index is 12.4. The van der Waals surface area contributed by atoms with Crippen LogP contribution in [0.15, 0.2) is 60.1 Å². The van der Waals surface area contributed by atoms with Crippen molar-refractivity contribution in [1.29, 1.82) is 0 Å². The lowest BCUT2D eigenvalue weighted by atomic mass is 10.1. The highest BCUT2D eigenvalue weighted by Gasteiger charge is 2.49. The molecule has 6 nitrogen and oxygen atoms in total. The molecule has 0 unspecified atom stereocenters. The maximum Gasteiger partial charge on any atom is 0.534 e. The second-order valence-electron chi connectivity index (χ2n) is 4.79. The molecule has 0 atom stereocenters. The molecular formula is C14H14F6O6S2. The van der Waals surface area contributed by atoms with Gasteiger partial charge in [-0.2, -0.15) is 43.2 Å². The van der Waals surface area contributed by atoms with Gasteiger partial charge in [-0.1, -0.05) is 18.7 Å². The van der Waals surface area contributed by atoms with Crippen molar-refractivity contribution in [1.82, 2.24) is 0 Å². The van der Waals surface area contributed by atoms with Crippen molar-refractivity contribution in [3.05, 3.63) is 60.1 Å². The van der Waals surface area contributed by atoms with Gasteiger partial charge in [0.15, 0.2) is 0 Å². The first kappa shape index (κ1) is 25.8. The second kappa shape index (κ2) is 8.86. The molecule has 14 heteroatoms. The predicted molar refractivity (Wildman–Crippen MR) is 87.1 cm³/mol. The second-order valence-corrected chi connectivity index (χ2v) is 7.86. The zero-order chi connectivity index (χ0) is 22.6. The van der Waals surface area contributed by atoms with Gasteiger partial charge in [-0.15, -0.1) is 0 Å². The lowest BCUT2D eigenvalue weighted by Gasteiger charge is -2.12. The van der Waals surface area contributed by atoms with Gasteiger partial charge in [0.1, 0.15) is 11.5 Å². The minimum Gasteiger partial charge on any atom is -0.376 e. The van der Waals surface area contributed by atoms with Crippen LogP contribution in [0.4, 0.5) is 26.3 Å². The number of hydrogen-bond acceptors (Lipinski definition) is 6. The molecule has 0 N–H and O–H groups in total. The van der Waals surface area contributed by atoms with Crippen LogP contribution < -0.4 is 0 Å². The van der Waals surface area contributed by atoms with Gasteiger partial charge in [0.2, 0.25) is 0 Å². The third kappa shape index (κ3) is 7.07. The number of alkyl halides is 6. The van der Waals surface area contributed by atoms with Crippen LogP contribution >= 0.6 is 0 Å². The van der Waals surface area contributed by atoms with Gasteiger partial charge >= 0.3 is 31.3 Å². The summed E-state index contributed by atoms with van der Waals surface area (Å²) >= 11 is 0. The molecule has 28 heavy (non-hydrogen) atoms. The summed E-state index contributed by atoms with van der Waals surface area (Å²) in [6.45, 7) is 8.80. The van der Waals surface area contributed by atoms with E-state index in [0.717, 1.165) is 13.0 Å². The largest absolute Gasteiger partial charge is 0.534 e. The van der Waals surface area contributed by atoms with Gasteiger partial charge in [-0.3, -0.25) is 0 Å². The molecule has 0 aromatic carbocycles. The average molecular weight is 456 g/mol. The van der Waals surface area contributed by atoms with Crippen LogP contribution in [0.2, 0.25) is 0 Å². The summed E-state index contributed by atoms with van der Waals surface area (Å²) in [6.07, 6.45) is 2.67. The van der Waals surface area contributed by atoms with Crippen LogP contribution in [0.25, 0.3) is 0 Å². The zero-order valence-corrected chi connectivity index (χ0v) is 15.9. The Kier molecular flexibility index (Phi) is 8.15. The first-order valence-corrected chi connectivity index (χ1v) is 9.59. The van der Waals surface area contributed by atoms with Crippen molar-refractivity contribution in [2.24, 2.45) is 0 Å². The predicted octanol–water partition coefficient (Wildman–Crippen LogP) is 4.20. The fourth-order valence-corrected chi connectivity index (χ4v) is 2.17. The topological polar surface area (TPSA) is 86.7 Å². The van der Waals surface area contributed by atoms with Gasteiger partial charge in [0.05, 0.1) is 0 Å². The van der Waals surface area contributed by atoms with Crippen LogP contribution in [-0.4, -0.2) is 27.9 Å². The summed E-state index contributed by atoms with van der Waals surface area (Å²) in [6, 6.07) is 0. The molecule has 0 aliphatic rings. The molecule has 160 valence electrons. The molecule has 0 aromatic heterocycles. The van der Waals surface area contributed by atoms with E-state index < -0.39 is 42.8 Å². The summed E-state index contributed by atoms with van der Waals surface area (Å²) < 4.78 is 126. The minimum atomic E-state index is -6.05. The maximum absolute atomic E-state index is 12.4. The lowest BCUT2D eigenvalue weighted by Crippen LogP contribution is -2.25. The molecule has 0 amide bonds. The molecule has 0 saturated carbocycles. The van der Waals surface area contributed by atoms with Gasteiger partial charge < -0.3 is 8.37 Å². The summed E-state index contributed by atoms with van der Waals surface area (Å²) in [5, 5.41) is 0. The van der Waals surface area contributed by atoms with E-state index >= 15 is 0 Å². The minimum absolute atomic E-state index is 0.0142. The molecule has 0 heterocycles. The third-order valence-corrected chi connectivity index (χ3v) is 4.51. The Hall–Kier alpha value is -2.22. The third-order valence-electron chi connectivity index (χ3n) is 2.55. The fraction of sp³-hybridized carbons (Fsp3) is 0.286. The summed E-state index contributed by atoms with van der Waals surface area (Å²) in [5.74, 6) is -1.82. The Morgan fingerprint density at radius 2 is 1.25 bits per heavy atom. The Labute approximate surface area is 157 Å². The number of rotatable bonds is 8. The molecule has 0 aliphatic carbocycles. The van der Waals surface area contributed by atoms with Crippen molar-refractivity contribution in [2.45, 2.75) is 24.9 Å². The van der Waals surface area contributed by atoms with E-state index in [1.54, 1.807) is 0 Å². The number of allylic oxidation sites excluding steroid dienone is 6. The van der Waals surface area contributed by atoms with E-state index in [-0.39, 0.29) is 11.1 Å². The average Bonchev–Trinajstić information content (AvgIpc) is 2.49. The van der Waals surface area contributed by atoms with Crippen molar-refractivity contribution >= 4 is 20.2 Å². The normalized spacial score (nSPS) is 15.2. The van der Waals surface area contributed by atoms with E-state index in [4.69, 9.17) is 0 Å². The lowest BCUT2D eigenvalue weighted by molar-refractivity contribution is -0.0524. The van der Waals surface area contributed by atoms with Crippen molar-refractivity contribution in [3.63, 3.8) is 0 Å². The smallest absolute Gasteiger partial charge is 0.376 e. The number of halogens is 6. The molecule has 0 radical (unpaired) electrons. The van der Waals surface area contributed by atoms with Crippen molar-refractivity contribution in [3.8, 4) is 0 Å². The Balaban J connectivity index is 6.10. The van der Waals surface area contributed by atoms with E-state index in [2.05, 4.69) is 21.5 Å². The highest BCUT2D eigenvalue weighted by atomic mass is 32.2. The van der Waals surface area contributed by atoms with Crippen LogP contribution in [-0.2, 0) is 28.6 Å². The van der Waals surface area contributed by atoms with Gasteiger partial charge in [-0.05, 0) is 43.7 Å². The van der Waals surface area contributed by atoms with Crippen LogP contribution in [0.5, 0.6) is 0 Å². The van der Waals surface area contributed by atoms with Crippen LogP contribution in [0, 0.1) is 0 Å². The Bertz CT molecular complexity index is 918. The van der Waals surface area contributed by atoms with E-state index in [1.165, 1.54) is 6.92 Å². The molecule has 0 aliphatic heterocycles. The first-order chi connectivity index (χ1) is 12.4. The zero-order valence-electron chi connectivity index (χ0n) is 14.3. The van der Waals surface area contributed by atoms with E-state index in [1.807, 2.05) is 0 Å². The Morgan fingerprint density at radius 1 is 0.857 bits per heavy atom. The molecule has 0 rings (SSSR count). The first-order valence-electron chi connectivity index (χ1n) is 6.77. The van der Waals surface area contributed by atoms with Gasteiger partial charge in [0, 0.05) is 0 Å². The van der Waals surface area contributed by atoms with E-state index in [0.29, 0.717) is 18.2 Å². The highest BCUT2D eigenvalue weighted by Crippen LogP contribution is 2.29. The standard InChI is InChI=1S/C14H14F6O6S2/c1-5-11(25-27(21,22)13(15,16)17)7-10(9(3)4)8-12(6-2)26-28(23,24)14(18,19)20/h5-8H,1,3H2,2,4H3/b10-8-,11-7+,12-6+. The fourth-order valence-electron chi connectivity index (χ4n) is 1.21. The van der Waals surface area contributed by atoms with Gasteiger partial charge in [-0.25, -0.2) is 0 Å². The molecule has 0 spiro atoms. The molecule has 0 bridgehead atoms. The molecule has 0 aromatic rings. The monoisotopic (exact) mass is 456 g/mol. The van der Waals surface area contributed by atoms with Crippen LogP contribution in [0.3, 0.4) is 0 Å². The Morgan fingerprint density at radius 3 is 1.54 bits per heavy atom. The summed E-state index contributed by atoms with van der Waals surface area (Å²) in [7, 11) is -12.1. The van der Waals surface area contributed by atoms with E-state index in [9.17, 15) is 43.2 Å². The molecular weight excluding hydrogens is 442 g/mol.